The molecule has 0 spiro atoms. The van der Waals surface area contributed by atoms with E-state index in [-0.39, 0.29) is 24.6 Å². The van der Waals surface area contributed by atoms with Gasteiger partial charge in [0.15, 0.2) is 12.1 Å². The van der Waals surface area contributed by atoms with Crippen molar-refractivity contribution in [1.82, 2.24) is 0 Å². The van der Waals surface area contributed by atoms with Crippen LogP contribution in [0, 0.1) is 0 Å². The van der Waals surface area contributed by atoms with Crippen LogP contribution in [0.5, 0.6) is 0 Å². The van der Waals surface area contributed by atoms with Crippen LogP contribution in [0.4, 0.5) is 0 Å². The van der Waals surface area contributed by atoms with Crippen LogP contribution in [-0.4, -0.2) is 37.0 Å². The summed E-state index contributed by atoms with van der Waals surface area (Å²) in [5, 5.41) is 0. The maximum atomic E-state index is 5.76. The standard InChI is InChI=1S/C12H18O4/c1-5-7-13-9-8(6-2)14-11-10(9)15-12(3,4)16-11/h5-6,8-11H,1-2,7H2,3-4H3/t8-,9+,10-,11-/m1/s1. The Morgan fingerprint density at radius 3 is 2.69 bits per heavy atom. The number of rotatable bonds is 4. The van der Waals surface area contributed by atoms with E-state index in [0.717, 1.165) is 0 Å². The molecule has 90 valence electrons. The van der Waals surface area contributed by atoms with Gasteiger partial charge in [0.1, 0.15) is 18.3 Å². The third-order valence-electron chi connectivity index (χ3n) is 2.67. The van der Waals surface area contributed by atoms with E-state index in [0.29, 0.717) is 6.61 Å². The van der Waals surface area contributed by atoms with Crippen LogP contribution in [-0.2, 0) is 18.9 Å². The summed E-state index contributed by atoms with van der Waals surface area (Å²) < 4.78 is 22.7. The van der Waals surface area contributed by atoms with Gasteiger partial charge in [0.25, 0.3) is 0 Å². The van der Waals surface area contributed by atoms with Gasteiger partial charge in [-0.15, -0.1) is 13.2 Å². The lowest BCUT2D eigenvalue weighted by atomic mass is 10.1. The Hall–Kier alpha value is -0.680. The van der Waals surface area contributed by atoms with Gasteiger partial charge in [-0.1, -0.05) is 12.2 Å². The first-order valence-corrected chi connectivity index (χ1v) is 5.43. The molecule has 2 fully saturated rings. The third-order valence-corrected chi connectivity index (χ3v) is 2.67. The molecule has 4 atom stereocenters. The molecule has 2 aliphatic rings. The number of fused-ring (bicyclic) bond motifs is 1. The van der Waals surface area contributed by atoms with Crippen molar-refractivity contribution < 1.29 is 18.9 Å². The summed E-state index contributed by atoms with van der Waals surface area (Å²) in [5.41, 5.74) is 0. The first kappa shape index (κ1) is 11.8. The second kappa shape index (κ2) is 4.30. The van der Waals surface area contributed by atoms with Crippen molar-refractivity contribution in [3.8, 4) is 0 Å². The average Bonchev–Trinajstić information content (AvgIpc) is 2.67. The SMILES string of the molecule is C=CCO[C@@H]1[C@H]2OC(C)(C)O[C@H]2O[C@@H]1C=C. The van der Waals surface area contributed by atoms with Crippen LogP contribution in [0.25, 0.3) is 0 Å². The van der Waals surface area contributed by atoms with E-state index >= 15 is 0 Å². The molecule has 4 heteroatoms. The third kappa shape index (κ3) is 2.06. The van der Waals surface area contributed by atoms with Crippen molar-refractivity contribution in [2.75, 3.05) is 6.61 Å². The zero-order valence-electron chi connectivity index (χ0n) is 9.72. The van der Waals surface area contributed by atoms with Crippen molar-refractivity contribution in [1.29, 1.82) is 0 Å². The summed E-state index contributed by atoms with van der Waals surface area (Å²) in [6.45, 7) is 11.5. The Morgan fingerprint density at radius 2 is 2.06 bits per heavy atom. The molecule has 0 aromatic carbocycles. The molecule has 0 radical (unpaired) electrons. The predicted octanol–water partition coefficient (Wildman–Crippen LogP) is 1.62. The molecule has 0 amide bonds. The normalized spacial score (nSPS) is 40.6. The summed E-state index contributed by atoms with van der Waals surface area (Å²) in [7, 11) is 0. The summed E-state index contributed by atoms with van der Waals surface area (Å²) >= 11 is 0. The number of hydrogen-bond acceptors (Lipinski definition) is 4. The molecule has 2 aliphatic heterocycles. The Labute approximate surface area is 95.8 Å². The lowest BCUT2D eigenvalue weighted by Crippen LogP contribution is -2.36. The maximum absolute atomic E-state index is 5.76. The molecule has 2 saturated heterocycles. The largest absolute Gasteiger partial charge is 0.368 e. The minimum Gasteiger partial charge on any atom is -0.368 e. The smallest absolute Gasteiger partial charge is 0.190 e. The topological polar surface area (TPSA) is 36.9 Å². The molecule has 0 unspecified atom stereocenters. The second-order valence-corrected chi connectivity index (χ2v) is 4.39. The van der Waals surface area contributed by atoms with Gasteiger partial charge in [-0.3, -0.25) is 0 Å². The highest BCUT2D eigenvalue weighted by Gasteiger charge is 2.54. The first-order chi connectivity index (χ1) is 7.57. The monoisotopic (exact) mass is 226 g/mol. The molecule has 0 aromatic rings. The molecule has 4 nitrogen and oxygen atoms in total. The predicted molar refractivity (Wildman–Crippen MR) is 58.8 cm³/mol. The van der Waals surface area contributed by atoms with Crippen LogP contribution in [0.15, 0.2) is 25.3 Å². The molecular weight excluding hydrogens is 208 g/mol. The highest BCUT2D eigenvalue weighted by molar-refractivity contribution is 5.01. The molecule has 0 aromatic heterocycles. The molecule has 0 aliphatic carbocycles. The van der Waals surface area contributed by atoms with Crippen molar-refractivity contribution in [3.63, 3.8) is 0 Å². The van der Waals surface area contributed by atoms with E-state index in [9.17, 15) is 0 Å². The van der Waals surface area contributed by atoms with Crippen LogP contribution < -0.4 is 0 Å². The van der Waals surface area contributed by atoms with Crippen molar-refractivity contribution in [2.24, 2.45) is 0 Å². The zero-order chi connectivity index (χ0) is 11.8. The van der Waals surface area contributed by atoms with Gasteiger partial charge in [0, 0.05) is 0 Å². The Bertz CT molecular complexity index is 287. The molecule has 0 saturated carbocycles. The van der Waals surface area contributed by atoms with E-state index in [4.69, 9.17) is 18.9 Å². The highest BCUT2D eigenvalue weighted by Crippen LogP contribution is 2.38. The van der Waals surface area contributed by atoms with Crippen LogP contribution >= 0.6 is 0 Å². The molecule has 2 heterocycles. The number of ether oxygens (including phenoxy) is 4. The van der Waals surface area contributed by atoms with Crippen LogP contribution in [0.1, 0.15) is 13.8 Å². The Balaban J connectivity index is 2.07. The quantitative estimate of drug-likeness (QED) is 0.683. The summed E-state index contributed by atoms with van der Waals surface area (Å²) in [4.78, 5) is 0. The van der Waals surface area contributed by atoms with Gasteiger partial charge in [-0.25, -0.2) is 0 Å². The second-order valence-electron chi connectivity index (χ2n) is 4.39. The van der Waals surface area contributed by atoms with Gasteiger partial charge in [-0.2, -0.15) is 0 Å². The summed E-state index contributed by atoms with van der Waals surface area (Å²) in [6.07, 6.45) is 2.49. The lowest BCUT2D eigenvalue weighted by molar-refractivity contribution is -0.211. The lowest BCUT2D eigenvalue weighted by Gasteiger charge is -2.24. The van der Waals surface area contributed by atoms with Crippen LogP contribution in [0.3, 0.4) is 0 Å². The molecule has 16 heavy (non-hydrogen) atoms. The van der Waals surface area contributed by atoms with E-state index in [2.05, 4.69) is 13.2 Å². The van der Waals surface area contributed by atoms with Crippen molar-refractivity contribution >= 4 is 0 Å². The molecule has 0 bridgehead atoms. The van der Waals surface area contributed by atoms with E-state index in [1.165, 1.54) is 0 Å². The fraction of sp³-hybridized carbons (Fsp3) is 0.667. The van der Waals surface area contributed by atoms with Crippen molar-refractivity contribution in [3.05, 3.63) is 25.3 Å². The average molecular weight is 226 g/mol. The summed E-state index contributed by atoms with van der Waals surface area (Å²) in [5.74, 6) is -0.614. The fourth-order valence-corrected chi connectivity index (χ4v) is 2.06. The van der Waals surface area contributed by atoms with E-state index in [1.54, 1.807) is 12.2 Å². The summed E-state index contributed by atoms with van der Waals surface area (Å²) in [6, 6.07) is 0. The fourth-order valence-electron chi connectivity index (χ4n) is 2.06. The van der Waals surface area contributed by atoms with Gasteiger partial charge in [0.2, 0.25) is 0 Å². The van der Waals surface area contributed by atoms with Crippen LogP contribution in [0.2, 0.25) is 0 Å². The van der Waals surface area contributed by atoms with E-state index in [1.807, 2.05) is 13.8 Å². The minimum absolute atomic E-state index is 0.178. The van der Waals surface area contributed by atoms with Gasteiger partial charge >= 0.3 is 0 Å². The molecular formula is C12H18O4. The molecule has 2 rings (SSSR count). The van der Waals surface area contributed by atoms with Gasteiger partial charge in [-0.05, 0) is 13.8 Å². The Kier molecular flexibility index (Phi) is 3.17. The molecule has 0 N–H and O–H groups in total. The number of hydrogen-bond donors (Lipinski definition) is 0. The van der Waals surface area contributed by atoms with Gasteiger partial charge in [0.05, 0.1) is 6.61 Å². The minimum atomic E-state index is -0.614. The van der Waals surface area contributed by atoms with Crippen molar-refractivity contribution in [2.45, 2.75) is 44.2 Å². The maximum Gasteiger partial charge on any atom is 0.190 e. The highest BCUT2D eigenvalue weighted by atomic mass is 16.8. The Morgan fingerprint density at radius 1 is 1.31 bits per heavy atom. The zero-order valence-corrected chi connectivity index (χ0v) is 9.72. The van der Waals surface area contributed by atoms with E-state index < -0.39 is 5.79 Å². The van der Waals surface area contributed by atoms with Gasteiger partial charge < -0.3 is 18.9 Å². The first-order valence-electron chi connectivity index (χ1n) is 5.43.